The molecule has 0 fully saturated rings. The first-order chi connectivity index (χ1) is 8.86. The molecule has 0 aliphatic rings. The minimum Gasteiger partial charge on any atom is -0.313 e. The molecule has 2 rings (SSSR count). The highest BCUT2D eigenvalue weighted by Gasteiger charge is 1.85. The molecule has 0 aliphatic carbocycles. The zero-order valence-electron chi connectivity index (χ0n) is 11.0. The van der Waals surface area contributed by atoms with E-state index in [4.69, 9.17) is 0 Å². The minimum atomic E-state index is 0.983. The van der Waals surface area contributed by atoms with Crippen molar-refractivity contribution in [2.45, 2.75) is 13.5 Å². The maximum absolute atomic E-state index is 3.63. The molecule has 0 aliphatic heterocycles. The molecule has 2 aromatic carbocycles. The highest BCUT2D eigenvalue weighted by atomic mass is 14.8. The predicted molar refractivity (Wildman–Crippen MR) is 80.4 cm³/mol. The number of hydrogen-bond donors (Lipinski definition) is 1. The van der Waals surface area contributed by atoms with Gasteiger partial charge < -0.3 is 5.32 Å². The average Bonchev–Trinajstić information content (AvgIpc) is 2.48. The molecule has 1 nitrogen and oxygen atoms in total. The second-order valence-electron chi connectivity index (χ2n) is 3.88. The van der Waals surface area contributed by atoms with Crippen LogP contribution >= 0.6 is 0 Å². The van der Waals surface area contributed by atoms with E-state index >= 15 is 0 Å². The van der Waals surface area contributed by atoms with Crippen LogP contribution in [0.1, 0.15) is 18.1 Å². The van der Waals surface area contributed by atoms with Crippen LogP contribution in [-0.2, 0) is 6.54 Å². The fourth-order valence-electron chi connectivity index (χ4n) is 1.45. The van der Waals surface area contributed by atoms with Gasteiger partial charge in [-0.3, -0.25) is 0 Å². The van der Waals surface area contributed by atoms with Crippen molar-refractivity contribution in [3.63, 3.8) is 0 Å². The summed E-state index contributed by atoms with van der Waals surface area (Å²) in [6, 6.07) is 20.4. The summed E-state index contributed by atoms with van der Waals surface area (Å²) in [6.07, 6.45) is 1.83. The Balaban J connectivity index is 0.000000184. The molecule has 0 radical (unpaired) electrons. The lowest BCUT2D eigenvalue weighted by atomic mass is 10.2. The van der Waals surface area contributed by atoms with Gasteiger partial charge in [-0.25, -0.2) is 0 Å². The topological polar surface area (TPSA) is 12.0 Å². The average molecular weight is 239 g/mol. The Hall–Kier alpha value is -1.86. The quantitative estimate of drug-likeness (QED) is 0.846. The zero-order chi connectivity index (χ0) is 13.1. The Labute approximate surface area is 110 Å². The lowest BCUT2D eigenvalue weighted by Crippen LogP contribution is -2.11. The van der Waals surface area contributed by atoms with E-state index in [1.54, 1.807) is 0 Å². The van der Waals surface area contributed by atoms with Gasteiger partial charge in [-0.15, -0.1) is 0 Å². The summed E-state index contributed by atoms with van der Waals surface area (Å²) in [6.45, 7) is 7.77. The lowest BCUT2D eigenvalue weighted by molar-refractivity contribution is 0.727. The van der Waals surface area contributed by atoms with Crippen LogP contribution in [0.4, 0.5) is 0 Å². The van der Waals surface area contributed by atoms with Gasteiger partial charge >= 0.3 is 0 Å². The first-order valence-corrected chi connectivity index (χ1v) is 6.29. The maximum atomic E-state index is 3.63. The standard InChI is InChI=1S/C9H13N.C8H8/c1-2-10-8-9-6-4-3-5-7-9;1-2-8-6-4-3-5-7-8/h3-7,10H,2,8H2,1H3;2-7H,1H2. The lowest BCUT2D eigenvalue weighted by Gasteiger charge is -1.99. The Kier molecular flexibility index (Phi) is 7.26. The third-order valence-electron chi connectivity index (χ3n) is 2.46. The molecule has 0 saturated carbocycles. The highest BCUT2D eigenvalue weighted by Crippen LogP contribution is 1.97. The van der Waals surface area contributed by atoms with Gasteiger partial charge in [0, 0.05) is 6.54 Å². The normalized spacial score (nSPS) is 9.17. The fraction of sp³-hybridized carbons (Fsp3) is 0.176. The molecule has 0 heterocycles. The molecule has 0 saturated heterocycles. The van der Waals surface area contributed by atoms with Crippen LogP contribution in [0.3, 0.4) is 0 Å². The van der Waals surface area contributed by atoms with Crippen molar-refractivity contribution in [1.29, 1.82) is 0 Å². The van der Waals surface area contributed by atoms with Crippen LogP contribution in [0.25, 0.3) is 6.08 Å². The van der Waals surface area contributed by atoms with E-state index in [1.165, 1.54) is 11.1 Å². The molecule has 0 aromatic heterocycles. The van der Waals surface area contributed by atoms with Gasteiger partial charge in [-0.05, 0) is 17.7 Å². The summed E-state index contributed by atoms with van der Waals surface area (Å²) in [5.74, 6) is 0. The van der Waals surface area contributed by atoms with Crippen molar-refractivity contribution >= 4 is 6.08 Å². The van der Waals surface area contributed by atoms with Crippen LogP contribution in [0.5, 0.6) is 0 Å². The fourth-order valence-corrected chi connectivity index (χ4v) is 1.45. The van der Waals surface area contributed by atoms with Gasteiger partial charge in [0.05, 0.1) is 0 Å². The molecule has 0 atom stereocenters. The summed E-state index contributed by atoms with van der Waals surface area (Å²) < 4.78 is 0. The van der Waals surface area contributed by atoms with Crippen LogP contribution in [0, 0.1) is 0 Å². The molecule has 1 heteroatoms. The van der Waals surface area contributed by atoms with Gasteiger partial charge in [0.25, 0.3) is 0 Å². The summed E-state index contributed by atoms with van der Waals surface area (Å²) >= 11 is 0. The van der Waals surface area contributed by atoms with Gasteiger partial charge in [0.1, 0.15) is 0 Å². The Morgan fingerprint density at radius 2 is 1.50 bits per heavy atom. The molecule has 2 aromatic rings. The van der Waals surface area contributed by atoms with Gasteiger partial charge in [0.15, 0.2) is 0 Å². The molecule has 0 unspecified atom stereocenters. The van der Waals surface area contributed by atoms with Gasteiger partial charge in [-0.2, -0.15) is 0 Å². The molecular weight excluding hydrogens is 218 g/mol. The van der Waals surface area contributed by atoms with Crippen LogP contribution in [-0.4, -0.2) is 6.54 Å². The van der Waals surface area contributed by atoms with Crippen LogP contribution in [0.15, 0.2) is 67.2 Å². The highest BCUT2D eigenvalue weighted by molar-refractivity contribution is 5.45. The third kappa shape index (κ3) is 6.02. The molecule has 94 valence electrons. The summed E-state index contributed by atoms with van der Waals surface area (Å²) in [5.41, 5.74) is 2.52. The monoisotopic (exact) mass is 239 g/mol. The first-order valence-electron chi connectivity index (χ1n) is 6.29. The summed E-state index contributed by atoms with van der Waals surface area (Å²) in [7, 11) is 0. The molecule has 18 heavy (non-hydrogen) atoms. The summed E-state index contributed by atoms with van der Waals surface area (Å²) in [4.78, 5) is 0. The molecule has 0 spiro atoms. The maximum Gasteiger partial charge on any atom is 0.0205 e. The number of benzene rings is 2. The minimum absolute atomic E-state index is 0.983. The largest absolute Gasteiger partial charge is 0.313 e. The molecule has 0 bridgehead atoms. The number of hydrogen-bond acceptors (Lipinski definition) is 1. The smallest absolute Gasteiger partial charge is 0.0205 e. The van der Waals surface area contributed by atoms with E-state index in [1.807, 2.05) is 42.5 Å². The Morgan fingerprint density at radius 1 is 0.944 bits per heavy atom. The Bertz CT molecular complexity index is 420. The van der Waals surface area contributed by atoms with Crippen molar-refractivity contribution in [1.82, 2.24) is 5.32 Å². The summed E-state index contributed by atoms with van der Waals surface area (Å²) in [5, 5.41) is 3.26. The van der Waals surface area contributed by atoms with E-state index in [-0.39, 0.29) is 0 Å². The number of rotatable bonds is 4. The predicted octanol–water partition coefficient (Wildman–Crippen LogP) is 4.13. The second kappa shape index (κ2) is 9.20. The molecular formula is C17H21N. The second-order valence-corrected chi connectivity index (χ2v) is 3.88. The van der Waals surface area contributed by atoms with Crippen LogP contribution < -0.4 is 5.32 Å². The molecule has 1 N–H and O–H groups in total. The van der Waals surface area contributed by atoms with Crippen molar-refractivity contribution in [2.24, 2.45) is 0 Å². The van der Waals surface area contributed by atoms with Crippen molar-refractivity contribution in [3.8, 4) is 0 Å². The van der Waals surface area contributed by atoms with E-state index in [9.17, 15) is 0 Å². The van der Waals surface area contributed by atoms with E-state index in [2.05, 4.69) is 43.1 Å². The first kappa shape index (κ1) is 14.2. The van der Waals surface area contributed by atoms with Gasteiger partial charge in [0.2, 0.25) is 0 Å². The van der Waals surface area contributed by atoms with Crippen molar-refractivity contribution in [3.05, 3.63) is 78.4 Å². The van der Waals surface area contributed by atoms with E-state index < -0.39 is 0 Å². The zero-order valence-corrected chi connectivity index (χ0v) is 11.0. The van der Waals surface area contributed by atoms with E-state index in [0.717, 1.165) is 13.1 Å². The van der Waals surface area contributed by atoms with E-state index in [0.29, 0.717) is 0 Å². The molecule has 0 amide bonds. The van der Waals surface area contributed by atoms with Gasteiger partial charge in [-0.1, -0.05) is 80.2 Å². The SMILES string of the molecule is C=Cc1ccccc1.CCNCc1ccccc1. The van der Waals surface area contributed by atoms with Crippen molar-refractivity contribution in [2.75, 3.05) is 6.54 Å². The van der Waals surface area contributed by atoms with Crippen LogP contribution in [0.2, 0.25) is 0 Å². The third-order valence-corrected chi connectivity index (χ3v) is 2.46. The number of nitrogens with one attached hydrogen (secondary N) is 1. The Morgan fingerprint density at radius 3 is 1.94 bits per heavy atom. The van der Waals surface area contributed by atoms with Crippen molar-refractivity contribution < 1.29 is 0 Å².